The van der Waals surface area contributed by atoms with E-state index in [0.29, 0.717) is 71.8 Å². The third-order valence-corrected chi connectivity index (χ3v) is 11.6. The first kappa shape index (κ1) is 29.7. The van der Waals surface area contributed by atoms with Crippen LogP contribution in [0.15, 0.2) is 10.7 Å². The Bertz CT molecular complexity index is 1870. The summed E-state index contributed by atoms with van der Waals surface area (Å²) in [5, 5.41) is 31.8. The Morgan fingerprint density at radius 1 is 1.28 bits per heavy atom. The molecule has 1 spiro atoms. The lowest BCUT2D eigenvalue weighted by atomic mass is 9.68. The second-order valence-corrected chi connectivity index (χ2v) is 15.0. The van der Waals surface area contributed by atoms with Gasteiger partial charge in [-0.2, -0.15) is 10.4 Å². The second-order valence-electron chi connectivity index (χ2n) is 13.8. The van der Waals surface area contributed by atoms with Crippen LogP contribution in [0.2, 0.25) is 0 Å². The Hall–Kier alpha value is -3.64. The molecule has 3 N–H and O–H groups in total. The van der Waals surface area contributed by atoms with Crippen LogP contribution in [0.4, 0.5) is 15.2 Å². The summed E-state index contributed by atoms with van der Waals surface area (Å²) in [6.45, 7) is 6.06. The maximum Gasteiger partial charge on any atom is 0.186 e. The van der Waals surface area contributed by atoms with Crippen molar-refractivity contribution in [3.63, 3.8) is 0 Å². The second kappa shape index (κ2) is 10.7. The molecule has 0 aromatic carbocycles. The van der Waals surface area contributed by atoms with Crippen LogP contribution in [0.3, 0.4) is 0 Å². The van der Waals surface area contributed by atoms with E-state index in [4.69, 9.17) is 30.1 Å². The summed E-state index contributed by atoms with van der Waals surface area (Å²) in [6, 6.07) is 2.14. The van der Waals surface area contributed by atoms with Crippen molar-refractivity contribution in [3.05, 3.63) is 33.5 Å². The van der Waals surface area contributed by atoms with E-state index < -0.39 is 17.2 Å². The van der Waals surface area contributed by atoms with Gasteiger partial charge < -0.3 is 25.0 Å². The number of fused-ring (bicyclic) bond motifs is 5. The number of β-amino-alcohol motifs (C(OH)–C–C–N with tert-alkyl or cyclic N) is 1. The van der Waals surface area contributed by atoms with Crippen LogP contribution in [-0.4, -0.2) is 86.0 Å². The minimum absolute atomic E-state index is 0.0448. The van der Waals surface area contributed by atoms with E-state index in [1.165, 1.54) is 11.3 Å². The van der Waals surface area contributed by atoms with Gasteiger partial charge in [-0.3, -0.25) is 4.90 Å². The molecule has 14 heteroatoms. The average Bonchev–Trinajstić information content (AvgIpc) is 3.80. The first-order valence-electron chi connectivity index (χ1n) is 16.1. The van der Waals surface area contributed by atoms with Crippen LogP contribution in [0, 0.1) is 11.3 Å². The summed E-state index contributed by atoms with van der Waals surface area (Å²) in [7, 11) is 1.95. The molecule has 5 atom stereocenters. The fraction of sp³-hybridized carbons (Fsp3) is 0.594. The van der Waals surface area contributed by atoms with Crippen LogP contribution >= 0.6 is 11.3 Å². The molecule has 2 fully saturated rings. The highest BCUT2D eigenvalue weighted by atomic mass is 32.1. The van der Waals surface area contributed by atoms with Crippen LogP contribution in [0.1, 0.15) is 79.3 Å². The summed E-state index contributed by atoms with van der Waals surface area (Å²) in [4.78, 5) is 15.4. The van der Waals surface area contributed by atoms with Crippen molar-refractivity contribution < 1.29 is 18.8 Å². The van der Waals surface area contributed by atoms with Gasteiger partial charge in [0.2, 0.25) is 0 Å². The smallest absolute Gasteiger partial charge is 0.186 e. The third-order valence-electron chi connectivity index (χ3n) is 10.5. The summed E-state index contributed by atoms with van der Waals surface area (Å²) in [6.07, 6.45) is 5.34. The molecular weight excluding hydrogens is 609 g/mol. The Kier molecular flexibility index (Phi) is 6.92. The van der Waals surface area contributed by atoms with Gasteiger partial charge in [-0.25, -0.2) is 19.0 Å². The number of aryl methyl sites for hydroxylation is 1. The van der Waals surface area contributed by atoms with Gasteiger partial charge in [-0.15, -0.1) is 11.3 Å². The molecule has 242 valence electrons. The fourth-order valence-electron chi connectivity index (χ4n) is 8.37. The molecule has 3 aliphatic heterocycles. The highest BCUT2D eigenvalue weighted by Crippen LogP contribution is 2.52. The molecule has 1 aliphatic carbocycles. The molecule has 4 aliphatic rings. The maximum atomic E-state index is 14.4. The molecule has 4 aromatic heterocycles. The Morgan fingerprint density at radius 3 is 2.89 bits per heavy atom. The zero-order valence-electron chi connectivity index (χ0n) is 26.3. The minimum Gasteiger partial charge on any atom is -0.389 e. The van der Waals surface area contributed by atoms with Gasteiger partial charge in [0, 0.05) is 36.1 Å². The molecule has 8 rings (SSSR count). The van der Waals surface area contributed by atoms with Crippen LogP contribution in [0.5, 0.6) is 0 Å². The summed E-state index contributed by atoms with van der Waals surface area (Å²) in [5.74, 6) is 1.72. The molecule has 0 saturated carbocycles. The van der Waals surface area contributed by atoms with E-state index in [0.717, 1.165) is 53.6 Å². The Balaban J connectivity index is 1.29. The van der Waals surface area contributed by atoms with E-state index in [1.54, 1.807) is 6.20 Å². The van der Waals surface area contributed by atoms with Crippen molar-refractivity contribution >= 4 is 33.2 Å². The number of nitriles is 1. The van der Waals surface area contributed by atoms with Crippen LogP contribution in [-0.2, 0) is 23.2 Å². The van der Waals surface area contributed by atoms with Gasteiger partial charge in [0.05, 0.1) is 53.0 Å². The molecule has 4 aromatic rings. The van der Waals surface area contributed by atoms with Crippen molar-refractivity contribution in [2.75, 3.05) is 43.9 Å². The number of piperidine rings is 1. The largest absolute Gasteiger partial charge is 0.389 e. The van der Waals surface area contributed by atoms with Gasteiger partial charge in [0.25, 0.3) is 0 Å². The van der Waals surface area contributed by atoms with Crippen LogP contribution < -0.4 is 10.6 Å². The standard InChI is InChI=1S/C32H38FN9O3S/c1-17(22-10-18(33)13-40(22)3)42-30-20(12-36-42)29(41-9-5-7-31(2,43)15-41)37-28(38-30)25-21-14-44-16-32(26(21)45-39-25)8-4-6-23-24(32)19(11-34)27(35)46-23/h12,17-18,22,43H,4-10,13-16,35H2,1-3H3/t17-,18+,22-,31+,32+/m0/s1. The number of halogens is 1. The number of hydrogen-bond acceptors (Lipinski definition) is 12. The highest BCUT2D eigenvalue weighted by Gasteiger charge is 2.50. The van der Waals surface area contributed by atoms with Gasteiger partial charge in [-0.05, 0) is 59.4 Å². The van der Waals surface area contributed by atoms with Gasteiger partial charge in [-0.1, -0.05) is 5.16 Å². The number of alkyl halides is 1. The van der Waals surface area contributed by atoms with Crippen LogP contribution in [0.25, 0.3) is 22.6 Å². The predicted octanol–water partition coefficient (Wildman–Crippen LogP) is 4.10. The number of likely N-dealkylation sites (tertiary alicyclic amines) is 1. The van der Waals surface area contributed by atoms with E-state index in [9.17, 15) is 14.8 Å². The maximum absolute atomic E-state index is 14.4. The Morgan fingerprint density at radius 2 is 2.13 bits per heavy atom. The lowest BCUT2D eigenvalue weighted by Gasteiger charge is -2.38. The number of nitrogens with zero attached hydrogens (tertiary/aromatic N) is 8. The van der Waals surface area contributed by atoms with Gasteiger partial charge >= 0.3 is 0 Å². The number of aliphatic hydroxyl groups is 1. The predicted molar refractivity (Wildman–Crippen MR) is 170 cm³/mol. The minimum atomic E-state index is -0.884. The molecule has 0 radical (unpaired) electrons. The van der Waals surface area contributed by atoms with Crippen molar-refractivity contribution in [1.29, 1.82) is 5.26 Å². The van der Waals surface area contributed by atoms with Crippen molar-refractivity contribution in [2.45, 2.75) is 88.3 Å². The zero-order valence-corrected chi connectivity index (χ0v) is 27.1. The number of ether oxygens (including phenoxy) is 1. The normalized spacial score (nSPS) is 28.8. The van der Waals surface area contributed by atoms with Gasteiger partial charge in [0.15, 0.2) is 22.9 Å². The monoisotopic (exact) mass is 647 g/mol. The summed E-state index contributed by atoms with van der Waals surface area (Å²) in [5.41, 5.74) is 8.05. The van der Waals surface area contributed by atoms with E-state index in [2.05, 4.69) is 16.1 Å². The Labute approximate surface area is 269 Å². The number of anilines is 2. The fourth-order valence-corrected chi connectivity index (χ4v) is 9.54. The average molecular weight is 648 g/mol. The molecule has 46 heavy (non-hydrogen) atoms. The highest BCUT2D eigenvalue weighted by molar-refractivity contribution is 7.16. The van der Waals surface area contributed by atoms with Crippen molar-refractivity contribution in [3.8, 4) is 17.6 Å². The molecule has 7 heterocycles. The lowest BCUT2D eigenvalue weighted by Crippen LogP contribution is -2.46. The quantitative estimate of drug-likeness (QED) is 0.329. The molecule has 12 nitrogen and oxygen atoms in total. The third kappa shape index (κ3) is 4.46. The first-order chi connectivity index (χ1) is 22.1. The lowest BCUT2D eigenvalue weighted by molar-refractivity contribution is 0.0448. The van der Waals surface area contributed by atoms with Crippen molar-refractivity contribution in [1.82, 2.24) is 29.8 Å². The summed E-state index contributed by atoms with van der Waals surface area (Å²) >= 11 is 1.47. The molecular formula is C32H38FN9O3S. The SMILES string of the molecule is C[C@@H]([C@@H]1C[C@@H](F)CN1C)n1ncc2c(N3CCC[C@@](C)(O)C3)nc(-c3noc4c3COC[C@@]43CCCc4sc(N)c(C#N)c43)nc21. The molecule has 0 amide bonds. The molecule has 2 saturated heterocycles. The number of aromatic nitrogens is 5. The zero-order chi connectivity index (χ0) is 32.0. The number of rotatable bonds is 4. The van der Waals surface area contributed by atoms with E-state index >= 15 is 0 Å². The first-order valence-corrected chi connectivity index (χ1v) is 16.9. The van der Waals surface area contributed by atoms with Crippen molar-refractivity contribution in [2.24, 2.45) is 0 Å². The topological polar surface area (TPSA) is 155 Å². The molecule has 0 bridgehead atoms. The van der Waals surface area contributed by atoms with E-state index in [-0.39, 0.29) is 18.7 Å². The number of hydrogen-bond donors (Lipinski definition) is 2. The molecule has 0 unspecified atom stereocenters. The number of nitrogens with two attached hydrogens (primary N) is 1. The number of thiophene rings is 1. The number of nitrogen functional groups attached to an aromatic ring is 1. The number of likely N-dealkylation sites (N-methyl/N-ethyl adjacent to an activating group) is 1. The van der Waals surface area contributed by atoms with E-state index in [1.807, 2.05) is 30.5 Å². The van der Waals surface area contributed by atoms with Gasteiger partial charge in [0.1, 0.15) is 23.1 Å². The summed E-state index contributed by atoms with van der Waals surface area (Å²) < 4.78 is 28.8.